The lowest BCUT2D eigenvalue weighted by molar-refractivity contribution is 0.0401. The zero-order valence-electron chi connectivity index (χ0n) is 26.6. The van der Waals surface area contributed by atoms with E-state index in [-0.39, 0.29) is 18.2 Å². The molecule has 45 heavy (non-hydrogen) atoms. The molecule has 2 aromatic carbocycles. The van der Waals surface area contributed by atoms with Gasteiger partial charge in [0.05, 0.1) is 18.0 Å². The minimum Gasteiger partial charge on any atom is -0.465 e. The molecule has 4 heterocycles. The molecule has 4 aromatic rings. The third kappa shape index (κ3) is 7.25. The second-order valence-corrected chi connectivity index (χ2v) is 19.0. The van der Waals surface area contributed by atoms with E-state index in [2.05, 4.69) is 49.1 Å². The third-order valence-corrected chi connectivity index (χ3v) is 10.4. The minimum atomic E-state index is -1.15. The number of benzene rings is 2. The van der Waals surface area contributed by atoms with Gasteiger partial charge in [-0.1, -0.05) is 43.9 Å². The van der Waals surface area contributed by atoms with Crippen LogP contribution in [0.1, 0.15) is 41.4 Å². The fourth-order valence-electron chi connectivity index (χ4n) is 6.23. The van der Waals surface area contributed by atoms with Crippen LogP contribution in [-0.4, -0.2) is 65.5 Å². The first-order chi connectivity index (χ1) is 21.6. The first-order valence-electron chi connectivity index (χ1n) is 15.8. The molecule has 238 valence electrons. The zero-order valence-corrected chi connectivity index (χ0v) is 27.6. The topological polar surface area (TPSA) is 102 Å². The van der Waals surface area contributed by atoms with Crippen molar-refractivity contribution in [1.29, 1.82) is 0 Å². The summed E-state index contributed by atoms with van der Waals surface area (Å²) in [4.78, 5) is 29.9. The van der Waals surface area contributed by atoms with Gasteiger partial charge in [0.25, 0.3) is 0 Å². The lowest BCUT2D eigenvalue weighted by atomic mass is 10.0. The van der Waals surface area contributed by atoms with Gasteiger partial charge in [0, 0.05) is 57.9 Å². The highest BCUT2D eigenvalue weighted by Gasteiger charge is 2.34. The summed E-state index contributed by atoms with van der Waals surface area (Å²) in [5.74, 6) is 0.603. The number of amides is 3. The molecule has 0 radical (unpaired) electrons. The maximum Gasteiger partial charge on any atom is 0.410 e. The molecular weight excluding hydrogens is 586 g/mol. The van der Waals surface area contributed by atoms with Crippen molar-refractivity contribution >= 4 is 36.8 Å². The van der Waals surface area contributed by atoms with Gasteiger partial charge < -0.3 is 29.0 Å². The van der Waals surface area contributed by atoms with Crippen molar-refractivity contribution in [3.8, 4) is 0 Å². The summed E-state index contributed by atoms with van der Waals surface area (Å²) in [6, 6.07) is 16.9. The number of para-hydroxylation sites is 1. The Bertz CT molecular complexity index is 1640. The second kappa shape index (κ2) is 13.1. The highest BCUT2D eigenvalue weighted by atomic mass is 28.3. The Morgan fingerprint density at radius 2 is 1.93 bits per heavy atom. The number of aryl methyl sites for hydroxylation is 1. The normalized spacial score (nSPS) is 16.5. The van der Waals surface area contributed by atoms with E-state index in [0.717, 1.165) is 45.9 Å². The fourth-order valence-corrected chi connectivity index (χ4v) is 6.99. The number of nitrogens with one attached hydrogen (secondary N) is 1. The Balaban J connectivity index is 1.08. The van der Waals surface area contributed by atoms with Crippen LogP contribution >= 0.6 is 0 Å². The van der Waals surface area contributed by atoms with E-state index in [1.165, 1.54) is 0 Å². The summed E-state index contributed by atoms with van der Waals surface area (Å²) in [6.07, 6.45) is 4.38. The number of aromatic nitrogens is 2. The summed E-state index contributed by atoms with van der Waals surface area (Å²) >= 11 is 0. The number of carbonyl (C=O) groups excluding carboxylic acids is 2. The van der Waals surface area contributed by atoms with E-state index in [1.54, 1.807) is 11.2 Å². The molecule has 0 spiro atoms. The summed E-state index contributed by atoms with van der Waals surface area (Å²) in [5.41, 5.74) is 5.14. The van der Waals surface area contributed by atoms with Crippen LogP contribution in [0, 0.1) is 6.92 Å². The van der Waals surface area contributed by atoms with Gasteiger partial charge in [0.15, 0.2) is 6.10 Å². The number of ether oxygens (including phenoxy) is 2. The highest BCUT2D eigenvalue weighted by molar-refractivity contribution is 6.76. The average Bonchev–Trinajstić information content (AvgIpc) is 3.69. The Morgan fingerprint density at radius 1 is 1.13 bits per heavy atom. The monoisotopic (exact) mass is 629 g/mol. The molecule has 1 saturated heterocycles. The van der Waals surface area contributed by atoms with Gasteiger partial charge in [-0.15, -0.1) is 0 Å². The van der Waals surface area contributed by atoms with Crippen LogP contribution in [-0.2, 0) is 29.2 Å². The Morgan fingerprint density at radius 3 is 2.69 bits per heavy atom. The largest absolute Gasteiger partial charge is 0.465 e. The molecule has 11 heteroatoms. The number of urea groups is 1. The predicted molar refractivity (Wildman–Crippen MR) is 176 cm³/mol. The highest BCUT2D eigenvalue weighted by Crippen LogP contribution is 2.30. The number of furan rings is 1. The number of nitrogens with zero attached hydrogens (tertiary/aromatic N) is 4. The van der Waals surface area contributed by atoms with Crippen molar-refractivity contribution in [2.24, 2.45) is 0 Å². The van der Waals surface area contributed by atoms with Crippen LogP contribution in [0.15, 0.2) is 65.4 Å². The molecule has 1 N–H and O–H groups in total. The number of hydrogen-bond donors (Lipinski definition) is 1. The molecular formula is C34H43N5O5Si. The lowest BCUT2D eigenvalue weighted by Gasteiger charge is -2.40. The molecule has 1 fully saturated rings. The number of likely N-dealkylation sites (tertiary alicyclic amines) is 1. The van der Waals surface area contributed by atoms with Gasteiger partial charge in [0.1, 0.15) is 12.5 Å². The second-order valence-electron chi connectivity index (χ2n) is 13.4. The van der Waals surface area contributed by atoms with Gasteiger partial charge in [-0.25, -0.2) is 14.3 Å². The Kier molecular flexibility index (Phi) is 9.00. The average molecular weight is 630 g/mol. The van der Waals surface area contributed by atoms with Crippen molar-refractivity contribution in [1.82, 2.24) is 19.6 Å². The van der Waals surface area contributed by atoms with Gasteiger partial charge in [-0.05, 0) is 66.8 Å². The van der Waals surface area contributed by atoms with E-state index in [9.17, 15) is 9.59 Å². The smallest absolute Gasteiger partial charge is 0.410 e. The van der Waals surface area contributed by atoms with E-state index < -0.39 is 14.2 Å². The first-order valence-corrected chi connectivity index (χ1v) is 19.5. The third-order valence-electron chi connectivity index (χ3n) is 8.74. The molecule has 0 aliphatic carbocycles. The van der Waals surface area contributed by atoms with Crippen LogP contribution in [0.3, 0.4) is 0 Å². The number of carbonyl (C=O) groups is 2. The molecule has 10 nitrogen and oxygen atoms in total. The summed E-state index contributed by atoms with van der Waals surface area (Å²) in [7, 11) is -1.15. The Labute approximate surface area is 265 Å². The van der Waals surface area contributed by atoms with Crippen molar-refractivity contribution < 1.29 is 23.5 Å². The van der Waals surface area contributed by atoms with Gasteiger partial charge >= 0.3 is 12.1 Å². The number of hydrogen-bond acceptors (Lipinski definition) is 6. The van der Waals surface area contributed by atoms with Crippen LogP contribution in [0.5, 0.6) is 0 Å². The van der Waals surface area contributed by atoms with Gasteiger partial charge in [-0.3, -0.25) is 0 Å². The maximum atomic E-state index is 13.4. The van der Waals surface area contributed by atoms with Crippen molar-refractivity contribution in [2.75, 3.05) is 25.0 Å². The van der Waals surface area contributed by atoms with E-state index in [1.807, 2.05) is 52.2 Å². The van der Waals surface area contributed by atoms with Crippen molar-refractivity contribution in [3.05, 3.63) is 83.4 Å². The van der Waals surface area contributed by atoms with Gasteiger partial charge in [0.2, 0.25) is 0 Å². The summed E-state index contributed by atoms with van der Waals surface area (Å²) in [5, 5.41) is 8.61. The van der Waals surface area contributed by atoms with E-state index in [4.69, 9.17) is 13.9 Å². The quantitative estimate of drug-likeness (QED) is 0.147. The van der Waals surface area contributed by atoms with Crippen LogP contribution in [0.2, 0.25) is 25.7 Å². The Hall–Kier alpha value is -4.09. The first kappa shape index (κ1) is 30.9. The van der Waals surface area contributed by atoms with Crippen LogP contribution in [0.4, 0.5) is 15.3 Å². The standard InChI is InChI=1S/C34H43N5O5Si/c1-24-18-25(19-27-21-35-39(32(24)27)23-42-16-17-45(2,3)4)20-31(30-10-7-15-43-30)44-34(41)37-13-11-28(12-14-37)38-22-26-8-5-6-9-29(26)36-33(38)40/h5-10,15,18-19,21,28,31H,11-14,16-17,20,22-23H2,1-4H3,(H,36,40). The lowest BCUT2D eigenvalue weighted by Crippen LogP contribution is -2.51. The van der Waals surface area contributed by atoms with Gasteiger partial charge in [-0.2, -0.15) is 5.10 Å². The minimum absolute atomic E-state index is 0.0598. The molecule has 2 aliphatic rings. The molecule has 2 aliphatic heterocycles. The van der Waals surface area contributed by atoms with E-state index in [0.29, 0.717) is 51.4 Å². The van der Waals surface area contributed by atoms with E-state index >= 15 is 0 Å². The molecule has 1 atom stereocenters. The predicted octanol–water partition coefficient (Wildman–Crippen LogP) is 7.18. The van der Waals surface area contributed by atoms with Crippen molar-refractivity contribution in [2.45, 2.75) is 77.3 Å². The molecule has 6 rings (SSSR count). The molecule has 2 aromatic heterocycles. The molecule has 0 saturated carbocycles. The number of rotatable bonds is 10. The van der Waals surface area contributed by atoms with Crippen LogP contribution in [0.25, 0.3) is 10.9 Å². The molecule has 0 bridgehead atoms. The van der Waals surface area contributed by atoms with Crippen LogP contribution < -0.4 is 5.32 Å². The molecule has 1 unspecified atom stereocenters. The summed E-state index contributed by atoms with van der Waals surface area (Å²) in [6.45, 7) is 11.9. The van der Waals surface area contributed by atoms with Crippen molar-refractivity contribution in [3.63, 3.8) is 0 Å². The molecule has 3 amide bonds. The number of fused-ring (bicyclic) bond motifs is 2. The fraction of sp³-hybridized carbons (Fsp3) is 0.441. The summed E-state index contributed by atoms with van der Waals surface area (Å²) < 4.78 is 19.7. The maximum absolute atomic E-state index is 13.4. The number of piperidine rings is 1. The zero-order chi connectivity index (χ0) is 31.6. The SMILES string of the molecule is Cc1cc(CC(OC(=O)N2CCC(N3Cc4ccccc4NC3=O)CC2)c2ccco2)cc2cnn(COCC[Si](C)(C)C)c12. The number of anilines is 1.